The summed E-state index contributed by atoms with van der Waals surface area (Å²) in [4.78, 5) is 9.51. The first kappa shape index (κ1) is 32.2. The molecule has 2 heterocycles. The van der Waals surface area contributed by atoms with E-state index < -0.39 is 0 Å². The van der Waals surface area contributed by atoms with Crippen LogP contribution in [-0.2, 0) is 0 Å². The number of aromatic nitrogens is 1. The van der Waals surface area contributed by atoms with Gasteiger partial charge in [-0.25, -0.2) is 0 Å². The summed E-state index contributed by atoms with van der Waals surface area (Å²) in [5.41, 5.74) is 13.2. The first-order chi connectivity index (χ1) is 27.3. The molecule has 2 aromatic heterocycles. The van der Waals surface area contributed by atoms with Crippen LogP contribution >= 0.6 is 0 Å². The van der Waals surface area contributed by atoms with Crippen molar-refractivity contribution in [2.75, 3.05) is 9.80 Å². The van der Waals surface area contributed by atoms with Crippen LogP contribution in [0.2, 0.25) is 0 Å². The van der Waals surface area contributed by atoms with Crippen molar-refractivity contribution in [3.05, 3.63) is 212 Å². The first-order valence-corrected chi connectivity index (χ1v) is 18.5. The molecule has 0 aliphatic rings. The van der Waals surface area contributed by atoms with E-state index >= 15 is 0 Å². The van der Waals surface area contributed by atoms with E-state index in [0.717, 1.165) is 83.7 Å². The number of pyridine rings is 1. The summed E-state index contributed by atoms with van der Waals surface area (Å²) in [5.74, 6) is 0. The molecular weight excluding hydrogens is 671 g/mol. The summed E-state index contributed by atoms with van der Waals surface area (Å²) in [7, 11) is 0. The second-order valence-electron chi connectivity index (χ2n) is 13.6. The normalized spacial score (nSPS) is 11.3. The van der Waals surface area contributed by atoms with Gasteiger partial charge < -0.3 is 14.2 Å². The van der Waals surface area contributed by atoms with Gasteiger partial charge >= 0.3 is 0 Å². The number of hydrogen-bond acceptors (Lipinski definition) is 4. The summed E-state index contributed by atoms with van der Waals surface area (Å²) < 4.78 is 6.73. The van der Waals surface area contributed by atoms with Gasteiger partial charge in [0.1, 0.15) is 5.58 Å². The average molecular weight is 706 g/mol. The zero-order valence-corrected chi connectivity index (χ0v) is 30.0. The van der Waals surface area contributed by atoms with Crippen LogP contribution in [0.25, 0.3) is 55.1 Å². The summed E-state index contributed by atoms with van der Waals surface area (Å²) >= 11 is 0. The SMILES string of the molecule is c1ccc(-c2ccc(N(c3ccccc3)c3cc4oc5cnc6ccccc6c5c4cc3N(c3ccccc3)c3ccccc3-c3ccccc3)cc2)cc1. The highest BCUT2D eigenvalue weighted by Crippen LogP contribution is 2.50. The smallest absolute Gasteiger partial charge is 0.154 e. The number of rotatable bonds is 8. The van der Waals surface area contributed by atoms with Gasteiger partial charge in [-0.2, -0.15) is 0 Å². The monoisotopic (exact) mass is 705 g/mol. The molecule has 8 aromatic carbocycles. The summed E-state index contributed by atoms with van der Waals surface area (Å²) in [6, 6.07) is 72.7. The largest absolute Gasteiger partial charge is 0.454 e. The van der Waals surface area contributed by atoms with Crippen molar-refractivity contribution in [2.24, 2.45) is 0 Å². The van der Waals surface area contributed by atoms with Crippen LogP contribution < -0.4 is 9.80 Å². The van der Waals surface area contributed by atoms with E-state index in [1.165, 1.54) is 5.56 Å². The Labute approximate surface area is 319 Å². The molecule has 0 aliphatic carbocycles. The lowest BCUT2D eigenvalue weighted by atomic mass is 10.00. The van der Waals surface area contributed by atoms with Crippen LogP contribution in [-0.4, -0.2) is 4.98 Å². The maximum atomic E-state index is 6.73. The van der Waals surface area contributed by atoms with E-state index in [0.29, 0.717) is 0 Å². The van der Waals surface area contributed by atoms with Crippen LogP contribution in [0.5, 0.6) is 0 Å². The number of anilines is 6. The minimum atomic E-state index is 0.756. The van der Waals surface area contributed by atoms with Crippen molar-refractivity contribution in [2.45, 2.75) is 0 Å². The molecule has 4 heteroatoms. The van der Waals surface area contributed by atoms with Crippen LogP contribution in [0.15, 0.2) is 217 Å². The number of hydrogen-bond donors (Lipinski definition) is 0. The highest BCUT2D eigenvalue weighted by Gasteiger charge is 2.27. The fraction of sp³-hybridized carbons (Fsp3) is 0. The summed E-state index contributed by atoms with van der Waals surface area (Å²) in [5, 5.41) is 3.14. The standard InChI is InChI=1S/C51H35N3O/c1-5-17-36(18-6-1)37-29-31-41(32-30-37)53(39-21-9-3-10-22-39)48-34-49-44(51-43-26-13-15-27-45(43)52-35-50(51)55-49)33-47(48)54(40-23-11-4-12-24-40)46-28-16-14-25-42(46)38-19-7-2-8-20-38/h1-35H. The maximum absolute atomic E-state index is 6.73. The average Bonchev–Trinajstić information content (AvgIpc) is 3.64. The predicted molar refractivity (Wildman–Crippen MR) is 229 cm³/mol. The molecule has 4 nitrogen and oxygen atoms in total. The molecule has 0 amide bonds. The Morgan fingerprint density at radius 3 is 1.60 bits per heavy atom. The molecule has 0 bridgehead atoms. The molecule has 0 spiro atoms. The van der Waals surface area contributed by atoms with Gasteiger partial charge in [0.2, 0.25) is 0 Å². The fourth-order valence-corrected chi connectivity index (χ4v) is 7.75. The van der Waals surface area contributed by atoms with Crippen molar-refractivity contribution in [3.63, 3.8) is 0 Å². The topological polar surface area (TPSA) is 32.5 Å². The highest BCUT2D eigenvalue weighted by molar-refractivity contribution is 6.19. The molecule has 0 radical (unpaired) electrons. The Morgan fingerprint density at radius 1 is 0.364 bits per heavy atom. The third kappa shape index (κ3) is 5.87. The van der Waals surface area contributed by atoms with E-state index in [1.807, 2.05) is 12.3 Å². The van der Waals surface area contributed by atoms with Gasteiger partial charge in [-0.05, 0) is 71.3 Å². The highest BCUT2D eigenvalue weighted by atomic mass is 16.3. The van der Waals surface area contributed by atoms with Crippen LogP contribution in [0, 0.1) is 0 Å². The van der Waals surface area contributed by atoms with Crippen molar-refractivity contribution in [1.82, 2.24) is 4.98 Å². The number of benzene rings is 8. The molecule has 0 saturated carbocycles. The van der Waals surface area contributed by atoms with Crippen molar-refractivity contribution in [3.8, 4) is 22.3 Å². The van der Waals surface area contributed by atoms with E-state index in [2.05, 4.69) is 210 Å². The molecule has 0 atom stereocenters. The van der Waals surface area contributed by atoms with Gasteiger partial charge in [0.05, 0.1) is 28.8 Å². The van der Waals surface area contributed by atoms with Crippen LogP contribution in [0.3, 0.4) is 0 Å². The lowest BCUT2D eigenvalue weighted by Gasteiger charge is -2.34. The molecule has 0 N–H and O–H groups in total. The lowest BCUT2D eigenvalue weighted by molar-refractivity contribution is 0.667. The van der Waals surface area contributed by atoms with Gasteiger partial charge in [-0.1, -0.05) is 146 Å². The molecular formula is C51H35N3O. The van der Waals surface area contributed by atoms with Crippen LogP contribution in [0.4, 0.5) is 34.1 Å². The Hall–Kier alpha value is -7.43. The Morgan fingerprint density at radius 2 is 0.891 bits per heavy atom. The first-order valence-electron chi connectivity index (χ1n) is 18.5. The molecule has 0 fully saturated rings. The lowest BCUT2D eigenvalue weighted by Crippen LogP contribution is -2.17. The van der Waals surface area contributed by atoms with Gasteiger partial charge in [-0.15, -0.1) is 0 Å². The Balaban J connectivity index is 1.30. The number of nitrogens with zero attached hydrogens (tertiary/aromatic N) is 3. The zero-order valence-electron chi connectivity index (χ0n) is 30.0. The second-order valence-corrected chi connectivity index (χ2v) is 13.6. The van der Waals surface area contributed by atoms with E-state index in [-0.39, 0.29) is 0 Å². The molecule has 260 valence electrons. The summed E-state index contributed by atoms with van der Waals surface area (Å²) in [6.07, 6.45) is 1.86. The minimum Gasteiger partial charge on any atom is -0.454 e. The number of fused-ring (bicyclic) bond motifs is 5. The van der Waals surface area contributed by atoms with Gasteiger partial charge in [0.25, 0.3) is 0 Å². The number of furan rings is 1. The zero-order chi connectivity index (χ0) is 36.6. The maximum Gasteiger partial charge on any atom is 0.154 e. The van der Waals surface area contributed by atoms with E-state index in [9.17, 15) is 0 Å². The van der Waals surface area contributed by atoms with Gasteiger partial charge in [0.15, 0.2) is 5.58 Å². The molecule has 10 rings (SSSR count). The molecule has 0 aliphatic heterocycles. The third-order valence-electron chi connectivity index (χ3n) is 10.3. The quantitative estimate of drug-likeness (QED) is 0.158. The molecule has 55 heavy (non-hydrogen) atoms. The molecule has 0 saturated heterocycles. The van der Waals surface area contributed by atoms with E-state index in [4.69, 9.17) is 9.40 Å². The third-order valence-corrected chi connectivity index (χ3v) is 10.3. The number of para-hydroxylation sites is 4. The summed E-state index contributed by atoms with van der Waals surface area (Å²) in [6.45, 7) is 0. The molecule has 0 unspecified atom stereocenters. The Kier molecular flexibility index (Phi) is 8.12. The van der Waals surface area contributed by atoms with Crippen LogP contribution in [0.1, 0.15) is 0 Å². The fourth-order valence-electron chi connectivity index (χ4n) is 7.75. The van der Waals surface area contributed by atoms with E-state index in [1.54, 1.807) is 0 Å². The predicted octanol–water partition coefficient (Wildman–Crippen LogP) is 14.4. The molecule has 10 aromatic rings. The van der Waals surface area contributed by atoms with Crippen molar-refractivity contribution in [1.29, 1.82) is 0 Å². The van der Waals surface area contributed by atoms with Crippen molar-refractivity contribution >= 4 is 67.0 Å². The van der Waals surface area contributed by atoms with Crippen molar-refractivity contribution < 1.29 is 4.42 Å². The van der Waals surface area contributed by atoms with Gasteiger partial charge in [-0.3, -0.25) is 4.98 Å². The minimum absolute atomic E-state index is 0.756. The second kappa shape index (κ2) is 13.8. The van der Waals surface area contributed by atoms with Gasteiger partial charge in [0, 0.05) is 44.9 Å². The Bertz CT molecular complexity index is 2910.